The minimum Gasteiger partial charge on any atom is -0.481 e. The molecule has 0 aliphatic heterocycles. The molecule has 1 aliphatic carbocycles. The highest BCUT2D eigenvalue weighted by Crippen LogP contribution is 2.35. The molecular weight excluding hydrogens is 233 g/mol. The van der Waals surface area contributed by atoms with Gasteiger partial charge in [0.1, 0.15) is 5.82 Å². The molecule has 0 spiro atoms. The third kappa shape index (κ3) is 1.68. The highest BCUT2D eigenvalue weighted by atomic mass is 19.1. The summed E-state index contributed by atoms with van der Waals surface area (Å²) in [7, 11) is 0. The molecule has 1 atom stereocenters. The van der Waals surface area contributed by atoms with Gasteiger partial charge < -0.3 is 10.1 Å². The Hall–Kier alpha value is -1.84. The Kier molecular flexibility index (Phi) is 2.58. The van der Waals surface area contributed by atoms with Crippen LogP contribution in [0.25, 0.3) is 10.9 Å². The number of carbonyl (C=O) groups is 1. The van der Waals surface area contributed by atoms with E-state index in [4.69, 9.17) is 0 Å². The maximum absolute atomic E-state index is 13.3. The molecule has 1 unspecified atom stereocenters. The number of carboxylic acids is 1. The number of aromatic nitrogens is 1. The van der Waals surface area contributed by atoms with Crippen molar-refractivity contribution >= 4 is 16.9 Å². The maximum atomic E-state index is 13.3. The molecule has 2 aromatic rings. The van der Waals surface area contributed by atoms with Crippen molar-refractivity contribution in [3.63, 3.8) is 0 Å². The molecule has 2 N–H and O–H groups in total. The minimum atomic E-state index is -0.801. The molecule has 1 heterocycles. The number of hydrogen-bond donors (Lipinski definition) is 2. The average molecular weight is 247 g/mol. The van der Waals surface area contributed by atoms with Crippen LogP contribution in [0.15, 0.2) is 18.2 Å². The van der Waals surface area contributed by atoms with Gasteiger partial charge in [0.05, 0.1) is 5.92 Å². The van der Waals surface area contributed by atoms with E-state index in [9.17, 15) is 14.3 Å². The van der Waals surface area contributed by atoms with Gasteiger partial charge in [-0.3, -0.25) is 4.79 Å². The molecule has 3 nitrogen and oxygen atoms in total. The van der Waals surface area contributed by atoms with E-state index in [1.807, 2.05) is 0 Å². The lowest BCUT2D eigenvalue weighted by Gasteiger charge is -2.08. The summed E-state index contributed by atoms with van der Waals surface area (Å²) in [6.45, 7) is 0. The first-order valence-corrected chi connectivity index (χ1v) is 6.19. The first-order chi connectivity index (χ1) is 8.66. The van der Waals surface area contributed by atoms with Gasteiger partial charge in [0.25, 0.3) is 0 Å². The maximum Gasteiger partial charge on any atom is 0.312 e. The fraction of sp³-hybridized carbons (Fsp3) is 0.357. The Morgan fingerprint density at radius 2 is 2.22 bits per heavy atom. The monoisotopic (exact) mass is 247 g/mol. The van der Waals surface area contributed by atoms with Gasteiger partial charge in [0.2, 0.25) is 0 Å². The largest absolute Gasteiger partial charge is 0.481 e. The van der Waals surface area contributed by atoms with Crippen LogP contribution in [0.5, 0.6) is 0 Å². The molecule has 1 aromatic heterocycles. The van der Waals surface area contributed by atoms with Crippen LogP contribution >= 0.6 is 0 Å². The van der Waals surface area contributed by atoms with Crippen LogP contribution in [0, 0.1) is 5.82 Å². The van der Waals surface area contributed by atoms with Crippen molar-refractivity contribution in [3.05, 3.63) is 35.3 Å². The number of H-pyrrole nitrogens is 1. The number of hydrogen-bond acceptors (Lipinski definition) is 1. The second kappa shape index (κ2) is 4.12. The second-order valence-corrected chi connectivity index (χ2v) is 4.84. The number of aliphatic carboxylic acids is 1. The molecule has 0 bridgehead atoms. The summed E-state index contributed by atoms with van der Waals surface area (Å²) < 4.78 is 13.3. The first kappa shape index (κ1) is 11.3. The van der Waals surface area contributed by atoms with Crippen molar-refractivity contribution in [3.8, 4) is 0 Å². The predicted molar refractivity (Wildman–Crippen MR) is 66.2 cm³/mol. The molecular formula is C14H14FNO2. The van der Waals surface area contributed by atoms with E-state index in [1.54, 1.807) is 6.07 Å². The van der Waals surface area contributed by atoms with E-state index in [0.717, 1.165) is 41.4 Å². The standard InChI is InChI=1S/C14H14FNO2/c15-8-5-6-12-11(7-8)9-3-1-2-4-10(14(17)18)13(9)16-12/h5-7,10,16H,1-4H2,(H,17,18). The number of halogens is 1. The summed E-state index contributed by atoms with van der Waals surface area (Å²) in [5.74, 6) is -1.57. The first-order valence-electron chi connectivity index (χ1n) is 6.19. The summed E-state index contributed by atoms with van der Waals surface area (Å²) in [5, 5.41) is 10.1. The second-order valence-electron chi connectivity index (χ2n) is 4.84. The van der Waals surface area contributed by atoms with Crippen molar-refractivity contribution in [1.82, 2.24) is 4.98 Å². The van der Waals surface area contributed by atoms with E-state index in [1.165, 1.54) is 12.1 Å². The van der Waals surface area contributed by atoms with Gasteiger partial charge in [-0.1, -0.05) is 6.42 Å². The molecule has 0 saturated heterocycles. The Bertz CT molecular complexity index is 618. The molecule has 3 rings (SSSR count). The van der Waals surface area contributed by atoms with E-state index in [2.05, 4.69) is 4.98 Å². The molecule has 1 aliphatic rings. The van der Waals surface area contributed by atoms with Crippen molar-refractivity contribution < 1.29 is 14.3 Å². The topological polar surface area (TPSA) is 53.1 Å². The normalized spacial score (nSPS) is 19.5. The number of fused-ring (bicyclic) bond motifs is 3. The third-order valence-electron chi connectivity index (χ3n) is 3.72. The summed E-state index contributed by atoms with van der Waals surface area (Å²) in [4.78, 5) is 14.5. The van der Waals surface area contributed by atoms with Gasteiger partial charge in [-0.2, -0.15) is 0 Å². The highest BCUT2D eigenvalue weighted by Gasteiger charge is 2.27. The van der Waals surface area contributed by atoms with Crippen molar-refractivity contribution in [1.29, 1.82) is 0 Å². The predicted octanol–water partition coefficient (Wildman–Crippen LogP) is 3.20. The SMILES string of the molecule is O=C(O)C1CCCCc2c1[nH]c1ccc(F)cc21. The number of carboxylic acid groups (broad SMARTS) is 1. The van der Waals surface area contributed by atoms with Crippen LogP contribution < -0.4 is 0 Å². The number of nitrogens with one attached hydrogen (secondary N) is 1. The average Bonchev–Trinajstić information content (AvgIpc) is 2.55. The Morgan fingerprint density at radius 1 is 1.39 bits per heavy atom. The number of aromatic amines is 1. The van der Waals surface area contributed by atoms with Crippen LogP contribution in [0.1, 0.15) is 36.4 Å². The summed E-state index contributed by atoms with van der Waals surface area (Å²) >= 11 is 0. The van der Waals surface area contributed by atoms with E-state index in [0.29, 0.717) is 6.42 Å². The molecule has 0 amide bonds. The summed E-state index contributed by atoms with van der Waals surface area (Å²) in [6, 6.07) is 4.57. The van der Waals surface area contributed by atoms with Gasteiger partial charge in [0, 0.05) is 16.6 Å². The van der Waals surface area contributed by atoms with Crippen LogP contribution in [-0.4, -0.2) is 16.1 Å². The number of aryl methyl sites for hydroxylation is 1. The molecule has 1 aromatic carbocycles. The summed E-state index contributed by atoms with van der Waals surface area (Å²) in [6.07, 6.45) is 3.33. The quantitative estimate of drug-likeness (QED) is 0.760. The molecule has 0 fully saturated rings. The Balaban J connectivity index is 2.24. The van der Waals surface area contributed by atoms with Gasteiger partial charge in [-0.05, 0) is 43.0 Å². The van der Waals surface area contributed by atoms with Gasteiger partial charge in [-0.15, -0.1) is 0 Å². The Labute approximate surface area is 104 Å². The Morgan fingerprint density at radius 3 is 3.00 bits per heavy atom. The highest BCUT2D eigenvalue weighted by molar-refractivity contribution is 5.88. The number of rotatable bonds is 1. The lowest BCUT2D eigenvalue weighted by atomic mass is 9.99. The van der Waals surface area contributed by atoms with Gasteiger partial charge in [0.15, 0.2) is 0 Å². The lowest BCUT2D eigenvalue weighted by molar-refractivity contribution is -0.139. The zero-order chi connectivity index (χ0) is 12.7. The van der Waals surface area contributed by atoms with Crippen molar-refractivity contribution in [2.24, 2.45) is 0 Å². The number of benzene rings is 1. The molecule has 4 heteroatoms. The van der Waals surface area contributed by atoms with Gasteiger partial charge >= 0.3 is 5.97 Å². The molecule has 94 valence electrons. The van der Waals surface area contributed by atoms with Crippen LogP contribution in [-0.2, 0) is 11.2 Å². The fourth-order valence-electron chi connectivity index (χ4n) is 2.85. The summed E-state index contributed by atoms with van der Waals surface area (Å²) in [5.41, 5.74) is 2.57. The van der Waals surface area contributed by atoms with E-state index in [-0.39, 0.29) is 5.82 Å². The smallest absolute Gasteiger partial charge is 0.312 e. The van der Waals surface area contributed by atoms with Crippen molar-refractivity contribution in [2.75, 3.05) is 0 Å². The lowest BCUT2D eigenvalue weighted by Crippen LogP contribution is -2.12. The molecule has 0 saturated carbocycles. The molecule has 18 heavy (non-hydrogen) atoms. The van der Waals surface area contributed by atoms with Crippen LogP contribution in [0.2, 0.25) is 0 Å². The van der Waals surface area contributed by atoms with Crippen LogP contribution in [0.3, 0.4) is 0 Å². The molecule has 0 radical (unpaired) electrons. The fourth-order valence-corrected chi connectivity index (χ4v) is 2.85. The van der Waals surface area contributed by atoms with Crippen molar-refractivity contribution in [2.45, 2.75) is 31.6 Å². The van der Waals surface area contributed by atoms with E-state index < -0.39 is 11.9 Å². The van der Waals surface area contributed by atoms with Gasteiger partial charge in [-0.25, -0.2) is 4.39 Å². The van der Waals surface area contributed by atoms with E-state index >= 15 is 0 Å². The van der Waals surface area contributed by atoms with Crippen LogP contribution in [0.4, 0.5) is 4.39 Å². The minimum absolute atomic E-state index is 0.277. The zero-order valence-electron chi connectivity index (χ0n) is 9.87. The zero-order valence-corrected chi connectivity index (χ0v) is 9.87. The third-order valence-corrected chi connectivity index (χ3v) is 3.72.